The van der Waals surface area contributed by atoms with E-state index in [1.165, 1.54) is 11.1 Å². The molecule has 222 valence electrons. The summed E-state index contributed by atoms with van der Waals surface area (Å²) in [5.41, 5.74) is 9.84. The lowest BCUT2D eigenvalue weighted by atomic mass is 9.86. The van der Waals surface area contributed by atoms with Gasteiger partial charge < -0.3 is 14.3 Å². The molecular formula is C35H44N4O3. The number of carbonyl (C=O) groups excluding carboxylic acids is 1. The van der Waals surface area contributed by atoms with Gasteiger partial charge in [-0.2, -0.15) is 0 Å². The van der Waals surface area contributed by atoms with Gasteiger partial charge in [-0.3, -0.25) is 9.78 Å². The summed E-state index contributed by atoms with van der Waals surface area (Å²) < 4.78 is 5.11. The van der Waals surface area contributed by atoms with Crippen LogP contribution in [0.5, 0.6) is 0 Å². The lowest BCUT2D eigenvalue weighted by Gasteiger charge is -2.20. The maximum Gasteiger partial charge on any atom is 0.417 e. The highest BCUT2D eigenvalue weighted by atomic mass is 16.4. The highest BCUT2D eigenvalue weighted by molar-refractivity contribution is 6.01. The molecule has 5 aromatic rings. The van der Waals surface area contributed by atoms with Gasteiger partial charge in [0.25, 0.3) is 0 Å². The van der Waals surface area contributed by atoms with Crippen LogP contribution in [-0.4, -0.2) is 27.9 Å². The SMILES string of the molecule is CC(C)(C)c1ccc2nc[nH]c2c1.CC(C)(C)c1cccc2[nH]c(=O)oc12.CN1C(=O)Cc2cc(C(C)(C)C)ccc21. The number of aromatic amines is 2. The monoisotopic (exact) mass is 568 g/mol. The van der Waals surface area contributed by atoms with Crippen molar-refractivity contribution in [1.29, 1.82) is 0 Å². The van der Waals surface area contributed by atoms with E-state index in [0.717, 1.165) is 33.4 Å². The molecule has 3 heterocycles. The fourth-order valence-electron chi connectivity index (χ4n) is 4.90. The summed E-state index contributed by atoms with van der Waals surface area (Å²) in [5, 5.41) is 0. The first-order valence-corrected chi connectivity index (χ1v) is 14.4. The number of anilines is 1. The number of imidazole rings is 1. The number of para-hydroxylation sites is 1. The van der Waals surface area contributed by atoms with E-state index in [2.05, 4.69) is 114 Å². The summed E-state index contributed by atoms with van der Waals surface area (Å²) in [5.74, 6) is -0.201. The molecule has 2 aromatic heterocycles. The van der Waals surface area contributed by atoms with Crippen molar-refractivity contribution in [3.05, 3.63) is 93.7 Å². The maximum atomic E-state index is 11.5. The zero-order valence-corrected chi connectivity index (χ0v) is 26.6. The van der Waals surface area contributed by atoms with Gasteiger partial charge in [0.1, 0.15) is 0 Å². The molecule has 0 bridgehead atoms. The summed E-state index contributed by atoms with van der Waals surface area (Å²) in [6, 6.07) is 18.5. The van der Waals surface area contributed by atoms with Crippen molar-refractivity contribution in [3.63, 3.8) is 0 Å². The van der Waals surface area contributed by atoms with Crippen molar-refractivity contribution >= 4 is 33.7 Å². The number of carbonyl (C=O) groups is 1. The normalized spacial score (nSPS) is 13.5. The minimum Gasteiger partial charge on any atom is -0.408 e. The molecule has 2 N–H and O–H groups in total. The van der Waals surface area contributed by atoms with Gasteiger partial charge in [0.15, 0.2) is 5.58 Å². The van der Waals surface area contributed by atoms with Crippen molar-refractivity contribution in [3.8, 4) is 0 Å². The lowest BCUT2D eigenvalue weighted by molar-refractivity contribution is -0.117. The average Bonchev–Trinajstić information content (AvgIpc) is 3.58. The zero-order chi connectivity index (χ0) is 31.0. The minimum atomic E-state index is -0.392. The molecule has 0 atom stereocenters. The molecule has 1 aliphatic rings. The largest absolute Gasteiger partial charge is 0.417 e. The summed E-state index contributed by atoms with van der Waals surface area (Å²) >= 11 is 0. The summed E-state index contributed by atoms with van der Waals surface area (Å²) in [6.45, 7) is 19.5. The highest BCUT2D eigenvalue weighted by Crippen LogP contribution is 2.32. The topological polar surface area (TPSA) is 95.0 Å². The molecule has 7 heteroatoms. The third-order valence-corrected chi connectivity index (χ3v) is 7.56. The molecule has 3 aromatic carbocycles. The number of aromatic nitrogens is 3. The number of hydrogen-bond acceptors (Lipinski definition) is 4. The van der Waals surface area contributed by atoms with E-state index in [0.29, 0.717) is 12.0 Å². The summed E-state index contributed by atoms with van der Waals surface area (Å²) in [6.07, 6.45) is 2.28. The first-order chi connectivity index (χ1) is 19.4. The predicted molar refractivity (Wildman–Crippen MR) is 173 cm³/mol. The Labute approximate surface area is 248 Å². The van der Waals surface area contributed by atoms with Gasteiger partial charge >= 0.3 is 5.76 Å². The smallest absolute Gasteiger partial charge is 0.408 e. The molecular weight excluding hydrogens is 524 g/mol. The first kappa shape index (κ1) is 30.8. The van der Waals surface area contributed by atoms with E-state index < -0.39 is 5.76 Å². The van der Waals surface area contributed by atoms with Crippen LogP contribution >= 0.6 is 0 Å². The quantitative estimate of drug-likeness (QED) is 0.199. The molecule has 1 aliphatic heterocycles. The van der Waals surface area contributed by atoms with Gasteiger partial charge in [-0.15, -0.1) is 0 Å². The molecule has 0 unspecified atom stereocenters. The van der Waals surface area contributed by atoms with Gasteiger partial charge in [-0.1, -0.05) is 92.6 Å². The standard InChI is InChI=1S/C13H17NO.C11H14N2.C11H13NO2/c1-13(2,3)10-5-6-11-9(7-10)8-12(15)14(11)4;1-11(2,3)8-4-5-9-10(6-8)13-7-12-9;1-11(2,3)7-5-4-6-8-9(7)14-10(13)12-8/h5-7H,8H2,1-4H3;4-7H,1-3H3,(H,12,13);4-6H,1-3H3,(H,12,13). The van der Waals surface area contributed by atoms with E-state index in [-0.39, 0.29) is 22.2 Å². The fraction of sp³-hybridized carbons (Fsp3) is 0.400. The van der Waals surface area contributed by atoms with Crippen molar-refractivity contribution in [1.82, 2.24) is 15.0 Å². The van der Waals surface area contributed by atoms with E-state index in [1.54, 1.807) is 11.2 Å². The number of H-pyrrole nitrogens is 2. The van der Waals surface area contributed by atoms with E-state index in [1.807, 2.05) is 25.2 Å². The van der Waals surface area contributed by atoms with Crippen LogP contribution in [0.25, 0.3) is 22.1 Å². The summed E-state index contributed by atoms with van der Waals surface area (Å²) in [7, 11) is 1.84. The number of amides is 1. The van der Waals surface area contributed by atoms with Gasteiger partial charge in [-0.05, 0) is 57.2 Å². The van der Waals surface area contributed by atoms with Crippen LogP contribution < -0.4 is 10.7 Å². The Morgan fingerprint density at radius 1 is 0.786 bits per heavy atom. The Kier molecular flexibility index (Phi) is 8.27. The molecule has 0 radical (unpaired) electrons. The molecule has 6 rings (SSSR count). The van der Waals surface area contributed by atoms with Crippen LogP contribution in [0, 0.1) is 0 Å². The molecule has 7 nitrogen and oxygen atoms in total. The minimum absolute atomic E-state index is 0.0162. The van der Waals surface area contributed by atoms with Crippen LogP contribution in [0.4, 0.5) is 5.69 Å². The predicted octanol–water partition coefficient (Wildman–Crippen LogP) is 7.78. The number of rotatable bonds is 0. The van der Waals surface area contributed by atoms with Gasteiger partial charge in [0.2, 0.25) is 5.91 Å². The van der Waals surface area contributed by atoms with E-state index in [9.17, 15) is 9.59 Å². The average molecular weight is 569 g/mol. The second-order valence-electron chi connectivity index (χ2n) is 14.1. The van der Waals surface area contributed by atoms with E-state index in [4.69, 9.17) is 4.42 Å². The number of nitrogens with one attached hydrogen (secondary N) is 2. The summed E-state index contributed by atoms with van der Waals surface area (Å²) in [4.78, 5) is 34.3. The number of hydrogen-bond donors (Lipinski definition) is 2. The Bertz CT molecular complexity index is 1770. The number of benzene rings is 3. The first-order valence-electron chi connectivity index (χ1n) is 14.4. The van der Waals surface area contributed by atoms with Crippen molar-refractivity contribution in [2.45, 2.75) is 85.0 Å². The Morgan fingerprint density at radius 2 is 1.43 bits per heavy atom. The highest BCUT2D eigenvalue weighted by Gasteiger charge is 2.25. The molecule has 0 aliphatic carbocycles. The second-order valence-corrected chi connectivity index (χ2v) is 14.1. The van der Waals surface area contributed by atoms with Crippen LogP contribution in [0.3, 0.4) is 0 Å². The molecule has 0 saturated carbocycles. The molecule has 1 amide bonds. The number of oxazole rings is 1. The van der Waals surface area contributed by atoms with Crippen LogP contribution in [0.2, 0.25) is 0 Å². The zero-order valence-electron chi connectivity index (χ0n) is 26.6. The van der Waals surface area contributed by atoms with Crippen LogP contribution in [0.15, 0.2) is 70.1 Å². The molecule has 0 spiro atoms. The molecule has 0 saturated heterocycles. The van der Waals surface area contributed by atoms with Gasteiger partial charge in [-0.25, -0.2) is 9.78 Å². The number of nitrogens with zero attached hydrogens (tertiary/aromatic N) is 2. The van der Waals surface area contributed by atoms with E-state index >= 15 is 0 Å². The Balaban J connectivity index is 0.000000145. The molecule has 0 fully saturated rings. The number of fused-ring (bicyclic) bond motifs is 3. The third-order valence-electron chi connectivity index (χ3n) is 7.56. The van der Waals surface area contributed by atoms with Crippen molar-refractivity contribution < 1.29 is 9.21 Å². The van der Waals surface area contributed by atoms with Crippen LogP contribution in [-0.2, 0) is 27.5 Å². The number of likely N-dealkylation sites (N-methyl/N-ethyl adjacent to an activating group) is 1. The second kappa shape index (κ2) is 11.3. The maximum absolute atomic E-state index is 11.5. The fourth-order valence-corrected chi connectivity index (χ4v) is 4.90. The Hall–Kier alpha value is -4.13. The van der Waals surface area contributed by atoms with Crippen molar-refractivity contribution in [2.75, 3.05) is 11.9 Å². The van der Waals surface area contributed by atoms with Gasteiger partial charge in [0.05, 0.1) is 29.3 Å². The van der Waals surface area contributed by atoms with Crippen LogP contribution in [0.1, 0.15) is 84.6 Å². The lowest BCUT2D eigenvalue weighted by Crippen LogP contribution is -2.20. The van der Waals surface area contributed by atoms with Crippen molar-refractivity contribution in [2.24, 2.45) is 0 Å². The van der Waals surface area contributed by atoms with Gasteiger partial charge in [0, 0.05) is 18.3 Å². The molecule has 42 heavy (non-hydrogen) atoms. The Morgan fingerprint density at radius 3 is 2.07 bits per heavy atom. The third kappa shape index (κ3) is 6.84.